The van der Waals surface area contributed by atoms with E-state index in [0.717, 1.165) is 5.69 Å². The Labute approximate surface area is 55.0 Å². The third-order valence-electron chi connectivity index (χ3n) is 0.779. The van der Waals surface area contributed by atoms with Crippen molar-refractivity contribution < 1.29 is 0 Å². The number of thiazole rings is 1. The minimum absolute atomic E-state index is 0.480. The van der Waals surface area contributed by atoms with Crippen LogP contribution in [0.5, 0.6) is 0 Å². The molecule has 0 atom stereocenters. The number of rotatable bonds is 1. The molecule has 8 heavy (non-hydrogen) atoms. The Balaban J connectivity index is 2.84. The van der Waals surface area contributed by atoms with Gasteiger partial charge < -0.3 is 0 Å². The molecule has 1 rings (SSSR count). The molecule has 1 aromatic rings. The highest BCUT2D eigenvalue weighted by molar-refractivity contribution is 7.17. The van der Waals surface area contributed by atoms with Crippen LogP contribution in [0.1, 0.15) is 5.69 Å². The summed E-state index contributed by atoms with van der Waals surface area (Å²) < 4.78 is 0. The van der Waals surface area contributed by atoms with Gasteiger partial charge in [0.2, 0.25) is 0 Å². The molecule has 0 aliphatic carbocycles. The lowest BCUT2D eigenvalue weighted by molar-refractivity contribution is 1.25. The third-order valence-corrected chi connectivity index (χ3v) is 1.50. The van der Waals surface area contributed by atoms with E-state index in [1.165, 1.54) is 11.3 Å². The van der Waals surface area contributed by atoms with Crippen molar-refractivity contribution in [3.63, 3.8) is 0 Å². The molecular formula is C4H3B2NS. The number of aromatic nitrogens is 1. The minimum atomic E-state index is 0.480. The first kappa shape index (κ1) is 5.89. The van der Waals surface area contributed by atoms with Crippen molar-refractivity contribution in [3.05, 3.63) is 11.1 Å². The van der Waals surface area contributed by atoms with E-state index in [2.05, 4.69) is 4.98 Å². The topological polar surface area (TPSA) is 12.9 Å². The van der Waals surface area contributed by atoms with Crippen LogP contribution in [0.2, 0.25) is 0 Å². The average molecular weight is 119 g/mol. The SMILES string of the molecule is [B]Cc1csc([B])n1. The van der Waals surface area contributed by atoms with Gasteiger partial charge >= 0.3 is 0 Å². The second-order valence-corrected chi connectivity index (χ2v) is 2.27. The van der Waals surface area contributed by atoms with Crippen molar-refractivity contribution in [2.24, 2.45) is 0 Å². The normalized spacial score (nSPS) is 9.50. The summed E-state index contributed by atoms with van der Waals surface area (Å²) in [5, 5.41) is 1.86. The van der Waals surface area contributed by atoms with Crippen molar-refractivity contribution in [2.45, 2.75) is 6.32 Å². The van der Waals surface area contributed by atoms with Gasteiger partial charge in [-0.2, -0.15) is 0 Å². The van der Waals surface area contributed by atoms with Gasteiger partial charge in [0.25, 0.3) is 0 Å². The van der Waals surface area contributed by atoms with Crippen molar-refractivity contribution in [3.8, 4) is 0 Å². The van der Waals surface area contributed by atoms with Crippen LogP contribution in [-0.2, 0) is 6.32 Å². The lowest BCUT2D eigenvalue weighted by Crippen LogP contribution is -1.99. The fourth-order valence-electron chi connectivity index (χ4n) is 0.416. The highest BCUT2D eigenvalue weighted by Crippen LogP contribution is 1.95. The fourth-order valence-corrected chi connectivity index (χ4v) is 0.992. The van der Waals surface area contributed by atoms with E-state index in [1.807, 2.05) is 5.38 Å². The van der Waals surface area contributed by atoms with Gasteiger partial charge in [0, 0.05) is 16.0 Å². The highest BCUT2D eigenvalue weighted by Gasteiger charge is 1.90. The summed E-state index contributed by atoms with van der Waals surface area (Å²) in [7, 11) is 10.6. The molecule has 0 amide bonds. The molecule has 4 radical (unpaired) electrons. The summed E-state index contributed by atoms with van der Waals surface area (Å²) in [5.41, 5.74) is 0.868. The largest absolute Gasteiger partial charge is 0.259 e. The standard InChI is InChI=1S/C4H3B2NS/c5-1-3-2-8-4(6)7-3/h2H,1H2. The molecule has 0 aromatic carbocycles. The monoisotopic (exact) mass is 119 g/mol. The first-order chi connectivity index (χ1) is 3.83. The number of nitrogens with zero attached hydrogens (tertiary/aromatic N) is 1. The zero-order valence-electron chi connectivity index (χ0n) is 4.29. The first-order valence-corrected chi connectivity index (χ1v) is 3.11. The zero-order valence-corrected chi connectivity index (χ0v) is 5.11. The Kier molecular flexibility index (Phi) is 1.73. The lowest BCUT2D eigenvalue weighted by Gasteiger charge is -1.80. The van der Waals surface area contributed by atoms with Crippen molar-refractivity contribution in [1.82, 2.24) is 4.98 Å². The number of hydrogen-bond donors (Lipinski definition) is 0. The average Bonchev–Trinajstić information content (AvgIpc) is 2.14. The van der Waals surface area contributed by atoms with Crippen LogP contribution >= 0.6 is 11.3 Å². The Hall–Kier alpha value is -0.240. The van der Waals surface area contributed by atoms with E-state index in [-0.39, 0.29) is 0 Å². The minimum Gasteiger partial charge on any atom is -0.259 e. The quantitative estimate of drug-likeness (QED) is 0.458. The van der Waals surface area contributed by atoms with Gasteiger partial charge in [0.15, 0.2) is 7.85 Å². The molecule has 1 aromatic heterocycles. The van der Waals surface area contributed by atoms with Crippen LogP contribution in [0.15, 0.2) is 5.38 Å². The van der Waals surface area contributed by atoms with Gasteiger partial charge in [-0.1, -0.05) is 0 Å². The molecule has 0 aliphatic rings. The van der Waals surface area contributed by atoms with Crippen LogP contribution in [0.4, 0.5) is 0 Å². The Morgan fingerprint density at radius 2 is 2.50 bits per heavy atom. The zero-order chi connectivity index (χ0) is 5.98. The van der Waals surface area contributed by atoms with Gasteiger partial charge in [-0.25, -0.2) is 0 Å². The Morgan fingerprint density at radius 1 is 1.75 bits per heavy atom. The maximum absolute atomic E-state index is 5.31. The third kappa shape index (κ3) is 1.13. The Bertz CT molecular complexity index is 174. The molecule has 0 fully saturated rings. The van der Waals surface area contributed by atoms with E-state index in [0.29, 0.717) is 11.2 Å². The molecule has 1 heterocycles. The van der Waals surface area contributed by atoms with Crippen molar-refractivity contribution >= 4 is 31.9 Å². The smallest absolute Gasteiger partial charge is 0.157 e. The first-order valence-electron chi connectivity index (χ1n) is 2.23. The van der Waals surface area contributed by atoms with Crippen LogP contribution in [0.25, 0.3) is 0 Å². The Morgan fingerprint density at radius 3 is 2.75 bits per heavy atom. The molecule has 0 N–H and O–H groups in total. The fraction of sp³-hybridized carbons (Fsp3) is 0.250. The van der Waals surface area contributed by atoms with Crippen LogP contribution in [0, 0.1) is 0 Å². The van der Waals surface area contributed by atoms with E-state index >= 15 is 0 Å². The maximum atomic E-state index is 5.31. The molecule has 0 unspecified atom stereocenters. The summed E-state index contributed by atoms with van der Waals surface area (Å²) in [6, 6.07) is 0. The molecule has 0 bridgehead atoms. The van der Waals surface area contributed by atoms with E-state index in [1.54, 1.807) is 0 Å². The van der Waals surface area contributed by atoms with Gasteiger partial charge in [0.05, 0.1) is 7.85 Å². The predicted molar refractivity (Wildman–Crippen MR) is 37.0 cm³/mol. The summed E-state index contributed by atoms with van der Waals surface area (Å²) in [6.45, 7) is 0. The molecule has 4 heteroatoms. The lowest BCUT2D eigenvalue weighted by atomic mass is 10.0. The predicted octanol–water partition coefficient (Wildman–Crippen LogP) is -0.395. The molecule has 1 nitrogen and oxygen atoms in total. The van der Waals surface area contributed by atoms with E-state index in [9.17, 15) is 0 Å². The second-order valence-electron chi connectivity index (χ2n) is 1.38. The van der Waals surface area contributed by atoms with E-state index < -0.39 is 0 Å². The summed E-state index contributed by atoms with van der Waals surface area (Å²) >= 11 is 1.42. The van der Waals surface area contributed by atoms with Crippen LogP contribution in [-0.4, -0.2) is 20.7 Å². The van der Waals surface area contributed by atoms with Crippen molar-refractivity contribution in [2.75, 3.05) is 0 Å². The summed E-state index contributed by atoms with van der Waals surface area (Å²) in [6.07, 6.45) is 0.480. The summed E-state index contributed by atoms with van der Waals surface area (Å²) in [4.78, 5) is 4.49. The van der Waals surface area contributed by atoms with Crippen LogP contribution in [0.3, 0.4) is 0 Å². The molecule has 0 aliphatic heterocycles. The van der Waals surface area contributed by atoms with Gasteiger partial charge in [-0.15, -0.1) is 11.3 Å². The second kappa shape index (κ2) is 2.35. The van der Waals surface area contributed by atoms with Gasteiger partial charge in [-0.3, -0.25) is 4.98 Å². The summed E-state index contributed by atoms with van der Waals surface area (Å²) in [5.74, 6) is 0. The van der Waals surface area contributed by atoms with Crippen molar-refractivity contribution in [1.29, 1.82) is 0 Å². The molecule has 0 spiro atoms. The van der Waals surface area contributed by atoms with E-state index in [4.69, 9.17) is 15.7 Å². The molecule has 0 saturated heterocycles. The number of hydrogen-bond acceptors (Lipinski definition) is 2. The highest BCUT2D eigenvalue weighted by atomic mass is 32.1. The van der Waals surface area contributed by atoms with Gasteiger partial charge in [0.1, 0.15) is 0 Å². The molecular weight excluding hydrogens is 116 g/mol. The molecule has 0 saturated carbocycles. The van der Waals surface area contributed by atoms with Gasteiger partial charge in [-0.05, 0) is 6.32 Å². The molecule has 36 valence electrons. The van der Waals surface area contributed by atoms with Crippen LogP contribution < -0.4 is 4.91 Å². The maximum Gasteiger partial charge on any atom is 0.157 e.